The van der Waals surface area contributed by atoms with Gasteiger partial charge in [0.05, 0.1) is 10.7 Å². The molecule has 1 nitrogen and oxygen atoms in total. The Kier molecular flexibility index (Phi) is 5.35. The summed E-state index contributed by atoms with van der Waals surface area (Å²) in [7, 11) is 0. The van der Waals surface area contributed by atoms with E-state index in [9.17, 15) is 0 Å². The van der Waals surface area contributed by atoms with Gasteiger partial charge in [0, 0.05) is 5.69 Å². The summed E-state index contributed by atoms with van der Waals surface area (Å²) < 4.78 is 0. The van der Waals surface area contributed by atoms with E-state index in [2.05, 4.69) is 84.6 Å². The second-order valence-electron chi connectivity index (χ2n) is 7.20. The first-order chi connectivity index (χ1) is 13.2. The standard InChI is InChI=1S/C25H25NS/c1-2-25(27)26(23-6-4-3-5-7-23)24-18-21-13-12-19-8-10-20(11-9-19)14-16-22(24)17-15-21/h3-11,15,17-18H,2,12-14,16H2,1H3. The van der Waals surface area contributed by atoms with E-state index in [1.165, 1.54) is 27.9 Å². The van der Waals surface area contributed by atoms with Crippen molar-refractivity contribution in [2.45, 2.75) is 39.0 Å². The van der Waals surface area contributed by atoms with E-state index in [0.29, 0.717) is 0 Å². The maximum atomic E-state index is 5.80. The van der Waals surface area contributed by atoms with Gasteiger partial charge in [0.2, 0.25) is 0 Å². The second-order valence-corrected chi connectivity index (χ2v) is 7.67. The third-order valence-corrected chi connectivity index (χ3v) is 5.84. The maximum absolute atomic E-state index is 5.80. The van der Waals surface area contributed by atoms with Crippen LogP contribution in [-0.2, 0) is 25.7 Å². The third kappa shape index (κ3) is 3.96. The molecule has 0 heterocycles. The van der Waals surface area contributed by atoms with E-state index in [1.54, 1.807) is 0 Å². The Balaban J connectivity index is 1.80. The SMILES string of the molecule is CCC(=S)N(c1ccccc1)c1cc2ccc1CCc1ccc(cc1)CC2. The van der Waals surface area contributed by atoms with Gasteiger partial charge in [-0.2, -0.15) is 0 Å². The van der Waals surface area contributed by atoms with E-state index in [0.717, 1.165) is 42.8 Å². The molecule has 0 aliphatic heterocycles. The van der Waals surface area contributed by atoms with Crippen molar-refractivity contribution in [3.63, 3.8) is 0 Å². The topological polar surface area (TPSA) is 3.24 Å². The zero-order valence-corrected chi connectivity index (χ0v) is 16.6. The number of rotatable bonds is 3. The minimum atomic E-state index is 0.856. The number of hydrogen-bond acceptors (Lipinski definition) is 1. The summed E-state index contributed by atoms with van der Waals surface area (Å²) in [6.45, 7) is 2.14. The molecule has 0 atom stereocenters. The zero-order chi connectivity index (χ0) is 18.6. The predicted molar refractivity (Wildman–Crippen MR) is 119 cm³/mol. The summed E-state index contributed by atoms with van der Waals surface area (Å²) in [6.07, 6.45) is 5.05. The molecule has 4 aliphatic rings. The van der Waals surface area contributed by atoms with Crippen molar-refractivity contribution >= 4 is 28.6 Å². The molecule has 0 unspecified atom stereocenters. The molecule has 0 radical (unpaired) electrons. The fourth-order valence-corrected chi connectivity index (χ4v) is 3.98. The van der Waals surface area contributed by atoms with Crippen LogP contribution >= 0.6 is 12.2 Å². The predicted octanol–water partition coefficient (Wildman–Crippen LogP) is 6.45. The first-order valence-corrected chi connectivity index (χ1v) is 10.2. The van der Waals surface area contributed by atoms with Crippen LogP contribution in [0.2, 0.25) is 0 Å². The molecule has 0 N–H and O–H groups in total. The lowest BCUT2D eigenvalue weighted by Crippen LogP contribution is -2.24. The van der Waals surface area contributed by atoms with Crippen molar-refractivity contribution in [3.05, 3.63) is 95.1 Å². The molecular weight excluding hydrogens is 346 g/mol. The van der Waals surface area contributed by atoms with Crippen molar-refractivity contribution in [1.29, 1.82) is 0 Å². The Labute approximate surface area is 167 Å². The van der Waals surface area contributed by atoms with E-state index in [1.807, 2.05) is 0 Å². The van der Waals surface area contributed by atoms with Crippen LogP contribution < -0.4 is 4.90 Å². The van der Waals surface area contributed by atoms with Crippen molar-refractivity contribution in [3.8, 4) is 0 Å². The fraction of sp³-hybridized carbons (Fsp3) is 0.240. The molecule has 0 amide bonds. The van der Waals surface area contributed by atoms with Crippen molar-refractivity contribution in [2.24, 2.45) is 0 Å². The average molecular weight is 372 g/mol. The summed E-state index contributed by atoms with van der Waals surface area (Å²) in [5.41, 5.74) is 7.95. The highest BCUT2D eigenvalue weighted by atomic mass is 32.1. The molecule has 3 aromatic rings. The van der Waals surface area contributed by atoms with Crippen LogP contribution in [0.1, 0.15) is 35.6 Å². The normalized spacial score (nSPS) is 13.1. The maximum Gasteiger partial charge on any atom is 0.0866 e. The minimum absolute atomic E-state index is 0.856. The number of para-hydroxylation sites is 1. The Hall–Kier alpha value is -2.45. The summed E-state index contributed by atoms with van der Waals surface area (Å²) in [5.74, 6) is 0. The molecule has 7 rings (SSSR count). The van der Waals surface area contributed by atoms with Crippen LogP contribution in [0.3, 0.4) is 0 Å². The Morgan fingerprint density at radius 2 is 1.37 bits per heavy atom. The molecule has 0 fully saturated rings. The molecule has 0 spiro atoms. The van der Waals surface area contributed by atoms with Crippen LogP contribution in [0, 0.1) is 0 Å². The molecule has 4 bridgehead atoms. The van der Waals surface area contributed by atoms with Crippen molar-refractivity contribution in [1.82, 2.24) is 0 Å². The summed E-state index contributed by atoms with van der Waals surface area (Å²) in [4.78, 5) is 3.25. The van der Waals surface area contributed by atoms with E-state index < -0.39 is 0 Å². The summed E-state index contributed by atoms with van der Waals surface area (Å²) in [6, 6.07) is 26.6. The Morgan fingerprint density at radius 1 is 0.778 bits per heavy atom. The number of thiocarbonyl (C=S) groups is 1. The van der Waals surface area contributed by atoms with Gasteiger partial charge in [-0.25, -0.2) is 0 Å². The monoisotopic (exact) mass is 371 g/mol. The van der Waals surface area contributed by atoms with Gasteiger partial charge in [-0.05, 0) is 72.6 Å². The highest BCUT2D eigenvalue weighted by Crippen LogP contribution is 2.32. The average Bonchev–Trinajstić information content (AvgIpc) is 2.71. The first-order valence-electron chi connectivity index (χ1n) is 9.82. The Bertz CT molecular complexity index is 928. The number of hydrogen-bond donors (Lipinski definition) is 0. The van der Waals surface area contributed by atoms with E-state index >= 15 is 0 Å². The highest BCUT2D eigenvalue weighted by molar-refractivity contribution is 7.80. The zero-order valence-electron chi connectivity index (χ0n) is 15.8. The molecule has 0 aromatic heterocycles. The van der Waals surface area contributed by atoms with Crippen LogP contribution in [0.4, 0.5) is 11.4 Å². The molecule has 27 heavy (non-hydrogen) atoms. The van der Waals surface area contributed by atoms with Gasteiger partial charge in [-0.1, -0.05) is 73.7 Å². The van der Waals surface area contributed by atoms with Gasteiger partial charge in [-0.15, -0.1) is 0 Å². The number of benzene rings is 3. The molecule has 2 heteroatoms. The van der Waals surface area contributed by atoms with Gasteiger partial charge in [0.25, 0.3) is 0 Å². The first kappa shape index (κ1) is 17.9. The summed E-state index contributed by atoms with van der Waals surface area (Å²) in [5, 5.41) is 0. The molecule has 4 aliphatic carbocycles. The lowest BCUT2D eigenvalue weighted by molar-refractivity contribution is 0.919. The van der Waals surface area contributed by atoms with Gasteiger partial charge in [-0.3, -0.25) is 0 Å². The lowest BCUT2D eigenvalue weighted by Gasteiger charge is -2.28. The van der Waals surface area contributed by atoms with Crippen molar-refractivity contribution < 1.29 is 0 Å². The molecule has 0 saturated carbocycles. The quantitative estimate of drug-likeness (QED) is 0.487. The van der Waals surface area contributed by atoms with Gasteiger partial charge >= 0.3 is 0 Å². The van der Waals surface area contributed by atoms with Crippen molar-refractivity contribution in [2.75, 3.05) is 4.90 Å². The number of aryl methyl sites for hydroxylation is 4. The largest absolute Gasteiger partial charge is 0.304 e. The highest BCUT2D eigenvalue weighted by Gasteiger charge is 2.18. The van der Waals surface area contributed by atoms with Crippen LogP contribution in [0.15, 0.2) is 72.8 Å². The number of anilines is 2. The molecule has 136 valence electrons. The molecule has 0 saturated heterocycles. The Morgan fingerprint density at radius 3 is 2.04 bits per heavy atom. The fourth-order valence-electron chi connectivity index (χ4n) is 3.78. The second kappa shape index (κ2) is 8.06. The lowest BCUT2D eigenvalue weighted by atomic mass is 9.95. The minimum Gasteiger partial charge on any atom is -0.304 e. The van der Waals surface area contributed by atoms with E-state index in [4.69, 9.17) is 12.2 Å². The smallest absolute Gasteiger partial charge is 0.0866 e. The van der Waals surface area contributed by atoms with Gasteiger partial charge < -0.3 is 4.90 Å². The number of nitrogens with zero attached hydrogens (tertiary/aromatic N) is 1. The molecular formula is C25H25NS. The van der Waals surface area contributed by atoms with Crippen LogP contribution in [0.25, 0.3) is 0 Å². The van der Waals surface area contributed by atoms with Gasteiger partial charge in [0.1, 0.15) is 0 Å². The third-order valence-electron chi connectivity index (χ3n) is 5.37. The van der Waals surface area contributed by atoms with E-state index in [-0.39, 0.29) is 0 Å². The van der Waals surface area contributed by atoms with Gasteiger partial charge in [0.15, 0.2) is 0 Å². The summed E-state index contributed by atoms with van der Waals surface area (Å²) >= 11 is 5.80. The van der Waals surface area contributed by atoms with Crippen LogP contribution in [0.5, 0.6) is 0 Å². The molecule has 3 aromatic carbocycles. The van der Waals surface area contributed by atoms with Crippen LogP contribution in [-0.4, -0.2) is 4.99 Å².